The average molecular weight is 516 g/mol. The highest BCUT2D eigenvalue weighted by molar-refractivity contribution is 7.92. The molecule has 1 amide bonds. The quantitative estimate of drug-likeness (QED) is 0.277. The Labute approximate surface area is 217 Å². The number of anilines is 1. The lowest BCUT2D eigenvalue weighted by Gasteiger charge is -2.23. The molecule has 0 spiro atoms. The van der Waals surface area contributed by atoms with Gasteiger partial charge in [-0.15, -0.1) is 0 Å². The smallest absolute Gasteiger partial charge is 0.264 e. The normalized spacial score (nSPS) is 11.6. The van der Waals surface area contributed by atoms with E-state index in [0.29, 0.717) is 0 Å². The van der Waals surface area contributed by atoms with Crippen LogP contribution in [0.3, 0.4) is 0 Å². The molecule has 0 aliphatic rings. The first kappa shape index (κ1) is 25.8. The second-order valence-corrected chi connectivity index (χ2v) is 10.6. The van der Waals surface area contributed by atoms with E-state index >= 15 is 0 Å². The topological polar surface area (TPSA) is 96.7 Å². The van der Waals surface area contributed by atoms with Gasteiger partial charge in [-0.1, -0.05) is 24.3 Å². The molecule has 0 saturated carbocycles. The number of pyridine rings is 1. The van der Waals surface area contributed by atoms with Gasteiger partial charge < -0.3 is 4.57 Å². The van der Waals surface area contributed by atoms with Gasteiger partial charge in [-0.25, -0.2) is 13.8 Å². The number of aryl methyl sites for hydroxylation is 3. The highest BCUT2D eigenvalue weighted by atomic mass is 32.2. The minimum atomic E-state index is -4.00. The zero-order valence-corrected chi connectivity index (χ0v) is 22.0. The maximum Gasteiger partial charge on any atom is 0.264 e. The van der Waals surface area contributed by atoms with Gasteiger partial charge in [0, 0.05) is 28.8 Å². The fraction of sp³-hybridized carbons (Fsp3) is 0.179. The molecule has 2 aromatic heterocycles. The van der Waals surface area contributed by atoms with Crippen LogP contribution in [0.4, 0.5) is 5.69 Å². The number of hydrogen-bond donors (Lipinski definition) is 1. The number of carbonyl (C=O) groups excluding carboxylic acids is 1. The molecular formula is C28H29N5O3S. The van der Waals surface area contributed by atoms with E-state index in [-0.39, 0.29) is 10.6 Å². The van der Waals surface area contributed by atoms with Crippen molar-refractivity contribution in [2.24, 2.45) is 5.10 Å². The second kappa shape index (κ2) is 10.8. The molecule has 0 aliphatic heterocycles. The summed E-state index contributed by atoms with van der Waals surface area (Å²) in [4.78, 5) is 16.9. The van der Waals surface area contributed by atoms with E-state index in [4.69, 9.17) is 0 Å². The number of rotatable bonds is 8. The van der Waals surface area contributed by atoms with Crippen molar-refractivity contribution in [3.63, 3.8) is 0 Å². The van der Waals surface area contributed by atoms with Gasteiger partial charge in [-0.05, 0) is 81.3 Å². The van der Waals surface area contributed by atoms with Crippen LogP contribution in [-0.2, 0) is 14.8 Å². The average Bonchev–Trinajstić information content (AvgIpc) is 3.17. The molecule has 2 heterocycles. The molecule has 0 radical (unpaired) electrons. The third kappa shape index (κ3) is 5.62. The fourth-order valence-corrected chi connectivity index (χ4v) is 5.48. The van der Waals surface area contributed by atoms with Gasteiger partial charge >= 0.3 is 0 Å². The number of aromatic nitrogens is 2. The Morgan fingerprint density at radius 2 is 1.76 bits per heavy atom. The molecule has 0 saturated heterocycles. The first-order chi connectivity index (χ1) is 17.7. The molecule has 1 N–H and O–H groups in total. The summed E-state index contributed by atoms with van der Waals surface area (Å²) >= 11 is 0. The van der Waals surface area contributed by atoms with Crippen molar-refractivity contribution in [2.45, 2.75) is 32.6 Å². The number of hydrazone groups is 1. The molecule has 9 heteroatoms. The molecule has 0 aliphatic carbocycles. The predicted octanol–water partition coefficient (Wildman–Crippen LogP) is 4.45. The summed E-state index contributed by atoms with van der Waals surface area (Å²) in [6, 6.07) is 19.5. The van der Waals surface area contributed by atoms with Crippen LogP contribution in [0, 0.1) is 27.7 Å². The van der Waals surface area contributed by atoms with Crippen LogP contribution in [0.5, 0.6) is 0 Å². The highest BCUT2D eigenvalue weighted by Gasteiger charge is 2.27. The molecule has 0 bridgehead atoms. The van der Waals surface area contributed by atoms with E-state index in [1.165, 1.54) is 35.7 Å². The summed E-state index contributed by atoms with van der Waals surface area (Å²) < 4.78 is 29.8. The molecule has 0 fully saturated rings. The molecule has 0 unspecified atom stereocenters. The molecule has 0 atom stereocenters. The molecule has 37 heavy (non-hydrogen) atoms. The molecule has 4 rings (SSSR count). The fourth-order valence-electron chi connectivity index (χ4n) is 4.06. The standard InChI is InChI=1S/C28H29N5O3S/c1-20-12-13-25(15-21(20)2)33-22(3)16-24(23(33)4)17-30-31-28(34)19-32(26-9-8-14-29-18-26)37(35,36)27-10-6-5-7-11-27/h5-18H,19H2,1-4H3,(H,31,34)/b30-17+. The van der Waals surface area contributed by atoms with Crippen molar-refractivity contribution in [2.75, 3.05) is 10.8 Å². The van der Waals surface area contributed by atoms with E-state index in [9.17, 15) is 13.2 Å². The summed E-state index contributed by atoms with van der Waals surface area (Å²) in [6.45, 7) is 7.70. The van der Waals surface area contributed by atoms with Crippen molar-refractivity contribution >= 4 is 27.8 Å². The van der Waals surface area contributed by atoms with Gasteiger partial charge in [0.05, 0.1) is 23.0 Å². The van der Waals surface area contributed by atoms with Gasteiger partial charge in [-0.2, -0.15) is 5.10 Å². The van der Waals surface area contributed by atoms with E-state index in [0.717, 1.165) is 26.9 Å². The summed E-state index contributed by atoms with van der Waals surface area (Å²) in [5.41, 5.74) is 9.08. The largest absolute Gasteiger partial charge is 0.318 e. The first-order valence-electron chi connectivity index (χ1n) is 11.7. The Kier molecular flexibility index (Phi) is 7.54. The summed E-state index contributed by atoms with van der Waals surface area (Å²) in [6.07, 6.45) is 4.51. The van der Waals surface area contributed by atoms with Gasteiger partial charge in [-0.3, -0.25) is 14.1 Å². The second-order valence-electron chi connectivity index (χ2n) is 8.76. The third-order valence-electron chi connectivity index (χ3n) is 6.16. The van der Waals surface area contributed by atoms with E-state index < -0.39 is 22.5 Å². The van der Waals surface area contributed by atoms with Crippen LogP contribution < -0.4 is 9.73 Å². The number of benzene rings is 2. The molecule has 4 aromatic rings. The number of nitrogens with zero attached hydrogens (tertiary/aromatic N) is 4. The van der Waals surface area contributed by atoms with Crippen molar-refractivity contribution in [1.29, 1.82) is 0 Å². The predicted molar refractivity (Wildman–Crippen MR) is 146 cm³/mol. The Morgan fingerprint density at radius 3 is 2.43 bits per heavy atom. The lowest BCUT2D eigenvalue weighted by molar-refractivity contribution is -0.119. The van der Waals surface area contributed by atoms with Crippen LogP contribution in [0.25, 0.3) is 5.69 Å². The molecule has 2 aromatic carbocycles. The zero-order valence-electron chi connectivity index (χ0n) is 21.2. The lowest BCUT2D eigenvalue weighted by Crippen LogP contribution is -2.39. The highest BCUT2D eigenvalue weighted by Crippen LogP contribution is 2.23. The van der Waals surface area contributed by atoms with Crippen molar-refractivity contribution < 1.29 is 13.2 Å². The van der Waals surface area contributed by atoms with E-state index in [1.54, 1.807) is 36.5 Å². The Morgan fingerprint density at radius 1 is 1.00 bits per heavy atom. The van der Waals surface area contributed by atoms with Gasteiger partial charge in [0.2, 0.25) is 0 Å². The molecule has 8 nitrogen and oxygen atoms in total. The maximum atomic E-state index is 13.3. The van der Waals surface area contributed by atoms with Crippen molar-refractivity contribution in [1.82, 2.24) is 15.0 Å². The third-order valence-corrected chi connectivity index (χ3v) is 7.95. The van der Waals surface area contributed by atoms with Crippen LogP contribution in [0.1, 0.15) is 28.1 Å². The zero-order chi connectivity index (χ0) is 26.6. The summed E-state index contributed by atoms with van der Waals surface area (Å²) in [5.74, 6) is -0.581. The van der Waals surface area contributed by atoms with Crippen molar-refractivity contribution in [3.8, 4) is 5.69 Å². The Bertz CT molecular complexity index is 1550. The van der Waals surface area contributed by atoms with Gasteiger partial charge in [0.25, 0.3) is 15.9 Å². The van der Waals surface area contributed by atoms with E-state index in [1.807, 2.05) is 19.9 Å². The number of amides is 1. The van der Waals surface area contributed by atoms with Crippen LogP contribution in [-0.4, -0.2) is 36.6 Å². The SMILES string of the molecule is Cc1ccc(-n2c(C)cc(/C=N/NC(=O)CN(c3cccnc3)S(=O)(=O)c3ccccc3)c2C)cc1C. The monoisotopic (exact) mass is 515 g/mol. The minimum absolute atomic E-state index is 0.0777. The lowest BCUT2D eigenvalue weighted by atomic mass is 10.1. The maximum absolute atomic E-state index is 13.3. The Hall–Kier alpha value is -4.24. The van der Waals surface area contributed by atoms with Crippen molar-refractivity contribution in [3.05, 3.63) is 107 Å². The summed E-state index contributed by atoms with van der Waals surface area (Å²) in [7, 11) is -4.00. The Balaban J connectivity index is 1.53. The van der Waals surface area contributed by atoms with Gasteiger partial charge in [0.1, 0.15) is 6.54 Å². The minimum Gasteiger partial charge on any atom is -0.318 e. The first-order valence-corrected chi connectivity index (χ1v) is 13.2. The number of carbonyl (C=O) groups is 1. The number of nitrogens with one attached hydrogen (secondary N) is 1. The van der Waals surface area contributed by atoms with Gasteiger partial charge in [0.15, 0.2) is 0 Å². The molecular weight excluding hydrogens is 486 g/mol. The van der Waals surface area contributed by atoms with Crippen LogP contribution >= 0.6 is 0 Å². The summed E-state index contributed by atoms with van der Waals surface area (Å²) in [5, 5.41) is 4.11. The van der Waals surface area contributed by atoms with E-state index in [2.05, 4.69) is 52.1 Å². The molecule has 190 valence electrons. The van der Waals surface area contributed by atoms with Crippen LogP contribution in [0.15, 0.2) is 89.1 Å². The number of sulfonamides is 1. The van der Waals surface area contributed by atoms with Crippen LogP contribution in [0.2, 0.25) is 0 Å². The number of hydrogen-bond acceptors (Lipinski definition) is 5.